The Morgan fingerprint density at radius 3 is 2.46 bits per heavy atom. The molecule has 3 aromatic carbocycles. The van der Waals surface area contributed by atoms with Crippen LogP contribution in [-0.4, -0.2) is 17.5 Å². The first-order valence-electron chi connectivity index (χ1n) is 13.9. The Morgan fingerprint density at radius 2 is 1.73 bits per heavy atom. The van der Waals surface area contributed by atoms with Crippen LogP contribution in [0.3, 0.4) is 0 Å². The van der Waals surface area contributed by atoms with Crippen molar-refractivity contribution in [2.75, 3.05) is 10.2 Å². The second kappa shape index (κ2) is 10.9. The number of thiophene rings is 1. The van der Waals surface area contributed by atoms with Crippen molar-refractivity contribution < 1.29 is 9.59 Å². The quantitative estimate of drug-likeness (QED) is 0.257. The summed E-state index contributed by atoms with van der Waals surface area (Å²) in [4.78, 5) is 35.7. The van der Waals surface area contributed by atoms with E-state index in [0.29, 0.717) is 33.8 Å². The lowest BCUT2D eigenvalue weighted by Crippen LogP contribution is -2.29. The molecule has 41 heavy (non-hydrogen) atoms. The molecule has 2 heterocycles. The lowest BCUT2D eigenvalue weighted by atomic mass is 9.72. The van der Waals surface area contributed by atoms with Gasteiger partial charge < -0.3 is 10.2 Å². The van der Waals surface area contributed by atoms with Gasteiger partial charge in [-0.15, -0.1) is 11.3 Å². The van der Waals surface area contributed by atoms with Gasteiger partial charge in [-0.05, 0) is 72.1 Å². The monoisotopic (exact) mass is 581 g/mol. The molecule has 1 aliphatic carbocycles. The van der Waals surface area contributed by atoms with Crippen LogP contribution in [-0.2, 0) is 24.2 Å². The number of para-hydroxylation sites is 2. The fourth-order valence-electron chi connectivity index (χ4n) is 5.74. The lowest BCUT2D eigenvalue weighted by molar-refractivity contribution is -0.112. The number of benzene rings is 3. The van der Waals surface area contributed by atoms with E-state index in [1.165, 1.54) is 4.88 Å². The van der Waals surface area contributed by atoms with Gasteiger partial charge in [-0.1, -0.05) is 80.9 Å². The van der Waals surface area contributed by atoms with Crippen molar-refractivity contribution in [3.8, 4) is 0 Å². The molecule has 0 spiro atoms. The zero-order chi connectivity index (χ0) is 28.7. The molecule has 5 nitrogen and oxygen atoms in total. The summed E-state index contributed by atoms with van der Waals surface area (Å²) in [7, 11) is 0. The maximum atomic E-state index is 13.9. The van der Waals surface area contributed by atoms with Crippen LogP contribution in [0.25, 0.3) is 0 Å². The molecular weight excluding hydrogens is 550 g/mol. The van der Waals surface area contributed by atoms with Gasteiger partial charge in [-0.25, -0.2) is 4.99 Å². The van der Waals surface area contributed by atoms with Gasteiger partial charge in [-0.2, -0.15) is 0 Å². The van der Waals surface area contributed by atoms with Gasteiger partial charge >= 0.3 is 0 Å². The molecule has 0 saturated heterocycles. The van der Waals surface area contributed by atoms with Crippen molar-refractivity contribution in [2.24, 2.45) is 16.3 Å². The molecule has 6 rings (SSSR count). The molecule has 0 radical (unpaired) electrons. The van der Waals surface area contributed by atoms with E-state index in [-0.39, 0.29) is 17.2 Å². The van der Waals surface area contributed by atoms with E-state index < -0.39 is 0 Å². The molecule has 2 amide bonds. The average Bonchev–Trinajstić information content (AvgIpc) is 3.44. The number of rotatable bonds is 5. The molecule has 0 bridgehead atoms. The molecular formula is C34H32ClN3O2S. The van der Waals surface area contributed by atoms with Gasteiger partial charge in [0.25, 0.3) is 11.8 Å². The summed E-state index contributed by atoms with van der Waals surface area (Å²) in [6.45, 7) is 7.25. The number of hydrogen-bond acceptors (Lipinski definition) is 4. The Labute approximate surface area is 249 Å². The third-order valence-corrected chi connectivity index (χ3v) is 9.50. The van der Waals surface area contributed by atoms with Crippen LogP contribution in [0.1, 0.15) is 59.1 Å². The smallest absolute Gasteiger partial charge is 0.277 e. The molecule has 0 fully saturated rings. The van der Waals surface area contributed by atoms with E-state index in [1.54, 1.807) is 16.2 Å². The summed E-state index contributed by atoms with van der Waals surface area (Å²) < 4.78 is 0. The molecule has 208 valence electrons. The van der Waals surface area contributed by atoms with E-state index in [4.69, 9.17) is 16.6 Å². The van der Waals surface area contributed by atoms with E-state index in [1.807, 2.05) is 78.9 Å². The molecule has 1 N–H and O–H groups in total. The van der Waals surface area contributed by atoms with Gasteiger partial charge in [0.2, 0.25) is 0 Å². The van der Waals surface area contributed by atoms with Crippen molar-refractivity contribution in [1.82, 2.24) is 0 Å². The highest BCUT2D eigenvalue weighted by Crippen LogP contribution is 2.46. The molecule has 0 unspecified atom stereocenters. The summed E-state index contributed by atoms with van der Waals surface area (Å²) in [5, 5.41) is 4.32. The van der Waals surface area contributed by atoms with Gasteiger partial charge in [0.05, 0.1) is 17.8 Å². The number of carbonyl (C=O) groups is 2. The predicted molar refractivity (Wildman–Crippen MR) is 169 cm³/mol. The second-order valence-electron chi connectivity index (χ2n) is 11.8. The second-order valence-corrected chi connectivity index (χ2v) is 13.3. The topological polar surface area (TPSA) is 61.8 Å². The highest BCUT2D eigenvalue weighted by atomic mass is 35.5. The molecule has 1 atom stereocenters. The fourth-order valence-corrected chi connectivity index (χ4v) is 7.17. The Kier molecular flexibility index (Phi) is 7.30. The maximum absolute atomic E-state index is 13.9. The van der Waals surface area contributed by atoms with Crippen LogP contribution < -0.4 is 10.2 Å². The number of nitrogens with one attached hydrogen (secondary N) is 1. The standard InChI is InChI=1S/C34H32ClN3O2S/c1-34(2,3)22-15-18-26-28(19-22)41-32(29(26)31(39)36-24-9-5-4-6-10-24)37-30-25-11-7-8-12-27(25)38(33(30)40)20-21-13-16-23(35)17-14-21/h4-14,16-17,22H,15,18-20H2,1-3H3,(H,36,39)/t22-/m1/s1. The number of anilines is 2. The zero-order valence-corrected chi connectivity index (χ0v) is 25.0. The van der Waals surface area contributed by atoms with Gasteiger partial charge in [-0.3, -0.25) is 9.59 Å². The van der Waals surface area contributed by atoms with E-state index in [0.717, 1.165) is 47.3 Å². The van der Waals surface area contributed by atoms with Crippen LogP contribution in [0, 0.1) is 11.3 Å². The number of nitrogens with zero attached hydrogens (tertiary/aromatic N) is 2. The molecule has 7 heteroatoms. The number of hydrogen-bond donors (Lipinski definition) is 1. The van der Waals surface area contributed by atoms with Gasteiger partial charge in [0.15, 0.2) is 0 Å². The largest absolute Gasteiger partial charge is 0.322 e. The molecule has 2 aliphatic rings. The van der Waals surface area contributed by atoms with Crippen LogP contribution in [0.5, 0.6) is 0 Å². The first-order chi connectivity index (χ1) is 19.7. The highest BCUT2D eigenvalue weighted by molar-refractivity contribution is 7.16. The van der Waals surface area contributed by atoms with Gasteiger partial charge in [0.1, 0.15) is 10.7 Å². The first-order valence-corrected chi connectivity index (χ1v) is 15.1. The summed E-state index contributed by atoms with van der Waals surface area (Å²) >= 11 is 7.65. The van der Waals surface area contributed by atoms with E-state index in [2.05, 4.69) is 26.1 Å². The first kappa shape index (κ1) is 27.4. The third kappa shape index (κ3) is 5.46. The average molecular weight is 582 g/mol. The Hall–Kier alpha value is -3.74. The minimum atomic E-state index is -0.181. The van der Waals surface area contributed by atoms with Crippen molar-refractivity contribution in [2.45, 2.75) is 46.6 Å². The summed E-state index contributed by atoms with van der Waals surface area (Å²) in [6.07, 6.45) is 2.75. The fraction of sp³-hybridized carbons (Fsp3) is 0.265. The summed E-state index contributed by atoms with van der Waals surface area (Å²) in [5.74, 6) is 0.163. The number of aliphatic imine (C=N–C) groups is 1. The number of carbonyl (C=O) groups excluding carboxylic acids is 2. The number of amides is 2. The molecule has 1 aliphatic heterocycles. The van der Waals surface area contributed by atoms with Crippen LogP contribution >= 0.6 is 22.9 Å². The van der Waals surface area contributed by atoms with Crippen LogP contribution in [0.15, 0.2) is 83.9 Å². The van der Waals surface area contributed by atoms with Crippen molar-refractivity contribution in [3.05, 3.63) is 111 Å². The Bertz CT molecular complexity index is 1650. The summed E-state index contributed by atoms with van der Waals surface area (Å²) in [5.41, 5.74) is 5.50. The zero-order valence-electron chi connectivity index (χ0n) is 23.4. The molecule has 0 saturated carbocycles. The maximum Gasteiger partial charge on any atom is 0.277 e. The van der Waals surface area contributed by atoms with E-state index in [9.17, 15) is 9.59 Å². The van der Waals surface area contributed by atoms with Crippen molar-refractivity contribution in [3.63, 3.8) is 0 Å². The number of fused-ring (bicyclic) bond motifs is 2. The third-order valence-electron chi connectivity index (χ3n) is 8.10. The Morgan fingerprint density at radius 1 is 1.02 bits per heavy atom. The summed E-state index contributed by atoms with van der Waals surface area (Å²) in [6, 6.07) is 24.7. The minimum Gasteiger partial charge on any atom is -0.322 e. The molecule has 1 aromatic heterocycles. The van der Waals surface area contributed by atoms with Gasteiger partial charge in [0, 0.05) is 21.2 Å². The van der Waals surface area contributed by atoms with Crippen molar-refractivity contribution >= 4 is 56.8 Å². The van der Waals surface area contributed by atoms with Crippen molar-refractivity contribution in [1.29, 1.82) is 0 Å². The Balaban J connectivity index is 1.42. The molecule has 4 aromatic rings. The number of halogens is 1. The van der Waals surface area contributed by atoms with Crippen LogP contribution in [0.2, 0.25) is 5.02 Å². The van der Waals surface area contributed by atoms with Crippen LogP contribution in [0.4, 0.5) is 16.4 Å². The predicted octanol–water partition coefficient (Wildman–Crippen LogP) is 8.47. The lowest BCUT2D eigenvalue weighted by Gasteiger charge is -2.33. The normalized spacial score (nSPS) is 17.5. The van der Waals surface area contributed by atoms with E-state index >= 15 is 0 Å². The highest BCUT2D eigenvalue weighted by Gasteiger charge is 2.37. The minimum absolute atomic E-state index is 0.169. The SMILES string of the molecule is CC(C)(C)[C@@H]1CCc2c(sc(N=C3C(=O)N(Cc4ccc(Cl)cc4)c4ccccc43)c2C(=O)Nc2ccccc2)C1.